The molecule has 1 aliphatic heterocycles. The molecule has 0 aromatic rings. The Kier molecular flexibility index (Phi) is 4.58. The van der Waals surface area contributed by atoms with Crippen LogP contribution in [0.1, 0.15) is 32.1 Å². The average molecular weight is 239 g/mol. The highest BCUT2D eigenvalue weighted by atomic mass is 19.4. The zero-order chi connectivity index (χ0) is 12.2. The number of halogens is 3. The predicted octanol–water partition coefficient (Wildman–Crippen LogP) is 2.27. The maximum Gasteiger partial charge on any atom is 0.390 e. The van der Waals surface area contributed by atoms with Gasteiger partial charge in [0, 0.05) is 12.6 Å². The van der Waals surface area contributed by atoms with Crippen LogP contribution in [0.25, 0.3) is 0 Å². The van der Waals surface area contributed by atoms with E-state index in [4.69, 9.17) is 5.11 Å². The van der Waals surface area contributed by atoms with Crippen molar-refractivity contribution in [2.24, 2.45) is 0 Å². The van der Waals surface area contributed by atoms with E-state index in [-0.39, 0.29) is 19.0 Å². The predicted molar refractivity (Wildman–Crippen MR) is 52.1 cm³/mol. The summed E-state index contributed by atoms with van der Waals surface area (Å²) in [5, 5.41) is 8.66. The van der Waals surface area contributed by atoms with Gasteiger partial charge in [0.25, 0.3) is 0 Å². The molecular weight excluding hydrogens is 223 g/mol. The molecule has 0 bridgehead atoms. The first kappa shape index (κ1) is 13.3. The molecule has 0 radical (unpaired) electrons. The van der Waals surface area contributed by atoms with Crippen LogP contribution in [0.4, 0.5) is 13.2 Å². The molecule has 1 aliphatic rings. The largest absolute Gasteiger partial charge is 0.481 e. The number of aliphatic carboxylic acids is 1. The van der Waals surface area contributed by atoms with E-state index in [0.717, 1.165) is 12.8 Å². The summed E-state index contributed by atoms with van der Waals surface area (Å²) in [7, 11) is 0. The molecule has 1 heterocycles. The summed E-state index contributed by atoms with van der Waals surface area (Å²) in [6.45, 7) is 0.496. The lowest BCUT2D eigenvalue weighted by Gasteiger charge is -2.35. The van der Waals surface area contributed by atoms with E-state index >= 15 is 0 Å². The van der Waals surface area contributed by atoms with Gasteiger partial charge in [0.05, 0.1) is 12.8 Å². The second-order valence-electron chi connectivity index (χ2n) is 4.15. The van der Waals surface area contributed by atoms with E-state index in [1.165, 1.54) is 0 Å². The van der Waals surface area contributed by atoms with E-state index in [1.807, 2.05) is 0 Å². The van der Waals surface area contributed by atoms with Crippen LogP contribution in [0.2, 0.25) is 0 Å². The number of piperidine rings is 1. The third-order valence-electron chi connectivity index (χ3n) is 2.84. The topological polar surface area (TPSA) is 40.5 Å². The molecule has 1 N–H and O–H groups in total. The van der Waals surface area contributed by atoms with Crippen molar-refractivity contribution < 1.29 is 23.1 Å². The summed E-state index contributed by atoms with van der Waals surface area (Å²) in [6.07, 6.45) is -2.63. The van der Waals surface area contributed by atoms with Crippen molar-refractivity contribution in [1.82, 2.24) is 4.90 Å². The Morgan fingerprint density at radius 2 is 2.06 bits per heavy atom. The Morgan fingerprint density at radius 3 is 2.62 bits per heavy atom. The number of nitrogens with zero attached hydrogens (tertiary/aromatic N) is 1. The third kappa shape index (κ3) is 4.83. The number of alkyl halides is 3. The number of rotatable bonds is 4. The van der Waals surface area contributed by atoms with E-state index in [0.29, 0.717) is 13.0 Å². The highest BCUT2D eigenvalue weighted by Gasteiger charge is 2.31. The molecule has 1 fully saturated rings. The first-order valence-electron chi connectivity index (χ1n) is 5.41. The molecule has 0 saturated carbocycles. The lowest BCUT2D eigenvalue weighted by molar-refractivity contribution is -0.142. The van der Waals surface area contributed by atoms with Gasteiger partial charge in [-0.2, -0.15) is 13.2 Å². The van der Waals surface area contributed by atoms with Gasteiger partial charge in [0.15, 0.2) is 0 Å². The molecule has 94 valence electrons. The molecule has 1 rings (SSSR count). The van der Waals surface area contributed by atoms with Gasteiger partial charge in [-0.25, -0.2) is 0 Å². The van der Waals surface area contributed by atoms with Crippen LogP contribution in [0.3, 0.4) is 0 Å². The Hall–Kier alpha value is -0.780. The Balaban J connectivity index is 2.44. The molecule has 0 amide bonds. The molecule has 1 atom stereocenters. The molecular formula is C10H16F3NO2. The van der Waals surface area contributed by atoms with E-state index in [1.54, 1.807) is 4.90 Å². The highest BCUT2D eigenvalue weighted by Crippen LogP contribution is 2.24. The molecule has 0 aromatic carbocycles. The normalized spacial score (nSPS) is 23.3. The van der Waals surface area contributed by atoms with Crippen molar-refractivity contribution in [3.8, 4) is 0 Å². The Bertz CT molecular complexity index is 243. The standard InChI is InChI=1S/C10H16F3NO2/c11-10(12,13)4-6-14-5-2-1-3-8(14)7-9(15)16/h8H,1-7H2,(H,15,16). The van der Waals surface area contributed by atoms with Crippen molar-refractivity contribution in [1.29, 1.82) is 0 Å². The van der Waals surface area contributed by atoms with Crippen molar-refractivity contribution in [3.63, 3.8) is 0 Å². The lowest BCUT2D eigenvalue weighted by Crippen LogP contribution is -2.42. The fourth-order valence-corrected chi connectivity index (χ4v) is 2.06. The average Bonchev–Trinajstić information content (AvgIpc) is 2.14. The first-order valence-corrected chi connectivity index (χ1v) is 5.41. The molecule has 1 unspecified atom stereocenters. The zero-order valence-corrected chi connectivity index (χ0v) is 8.96. The minimum absolute atomic E-state index is 0.0577. The molecule has 0 spiro atoms. The van der Waals surface area contributed by atoms with E-state index < -0.39 is 18.6 Å². The van der Waals surface area contributed by atoms with Crippen molar-refractivity contribution in [2.45, 2.75) is 44.3 Å². The third-order valence-corrected chi connectivity index (χ3v) is 2.84. The van der Waals surface area contributed by atoms with Gasteiger partial charge in [-0.05, 0) is 19.4 Å². The van der Waals surface area contributed by atoms with Crippen molar-refractivity contribution in [3.05, 3.63) is 0 Å². The molecule has 6 heteroatoms. The quantitative estimate of drug-likeness (QED) is 0.818. The monoisotopic (exact) mass is 239 g/mol. The SMILES string of the molecule is O=C(O)CC1CCCCN1CCC(F)(F)F. The molecule has 1 saturated heterocycles. The number of carboxylic acids is 1. The van der Waals surface area contributed by atoms with E-state index in [2.05, 4.69) is 0 Å². The Morgan fingerprint density at radius 1 is 1.38 bits per heavy atom. The minimum atomic E-state index is -4.16. The van der Waals surface area contributed by atoms with Gasteiger partial charge >= 0.3 is 12.1 Å². The first-order chi connectivity index (χ1) is 7.38. The van der Waals surface area contributed by atoms with Crippen molar-refractivity contribution in [2.75, 3.05) is 13.1 Å². The van der Waals surface area contributed by atoms with Crippen LogP contribution < -0.4 is 0 Å². The van der Waals surface area contributed by atoms with Crippen LogP contribution >= 0.6 is 0 Å². The summed E-state index contributed by atoms with van der Waals surface area (Å²) >= 11 is 0. The van der Waals surface area contributed by atoms with Gasteiger partial charge in [-0.3, -0.25) is 9.69 Å². The summed E-state index contributed by atoms with van der Waals surface area (Å²) in [5.41, 5.74) is 0. The fraction of sp³-hybridized carbons (Fsp3) is 0.900. The van der Waals surface area contributed by atoms with Crippen molar-refractivity contribution >= 4 is 5.97 Å². The van der Waals surface area contributed by atoms with Crippen LogP contribution in [0.15, 0.2) is 0 Å². The number of hydrogen-bond donors (Lipinski definition) is 1. The summed E-state index contributed by atoms with van der Waals surface area (Å²) in [6, 6.07) is -0.228. The molecule has 0 aliphatic carbocycles. The summed E-state index contributed by atoms with van der Waals surface area (Å²) in [4.78, 5) is 12.2. The zero-order valence-electron chi connectivity index (χ0n) is 8.96. The van der Waals surface area contributed by atoms with Gasteiger partial charge in [0.2, 0.25) is 0 Å². The lowest BCUT2D eigenvalue weighted by atomic mass is 9.99. The number of likely N-dealkylation sites (tertiary alicyclic amines) is 1. The summed E-state index contributed by atoms with van der Waals surface area (Å²) < 4.78 is 36.2. The number of hydrogen-bond acceptors (Lipinski definition) is 2. The maximum atomic E-state index is 12.1. The van der Waals surface area contributed by atoms with Gasteiger partial charge < -0.3 is 5.11 Å². The molecule has 16 heavy (non-hydrogen) atoms. The number of carbonyl (C=O) groups is 1. The van der Waals surface area contributed by atoms with Crippen LogP contribution in [-0.2, 0) is 4.79 Å². The second kappa shape index (κ2) is 5.52. The fourth-order valence-electron chi connectivity index (χ4n) is 2.06. The molecule has 0 aromatic heterocycles. The van der Waals surface area contributed by atoms with Gasteiger partial charge in [-0.1, -0.05) is 6.42 Å². The summed E-state index contributed by atoms with van der Waals surface area (Å²) in [5.74, 6) is -0.941. The smallest absolute Gasteiger partial charge is 0.390 e. The van der Waals surface area contributed by atoms with E-state index in [9.17, 15) is 18.0 Å². The molecule has 3 nitrogen and oxygen atoms in total. The van der Waals surface area contributed by atoms with Gasteiger partial charge in [0.1, 0.15) is 0 Å². The minimum Gasteiger partial charge on any atom is -0.481 e. The Labute approximate surface area is 92.2 Å². The van der Waals surface area contributed by atoms with Gasteiger partial charge in [-0.15, -0.1) is 0 Å². The van der Waals surface area contributed by atoms with Crippen LogP contribution in [0, 0.1) is 0 Å². The number of carboxylic acid groups (broad SMARTS) is 1. The second-order valence-corrected chi connectivity index (χ2v) is 4.15. The maximum absolute atomic E-state index is 12.1. The van der Waals surface area contributed by atoms with Crippen LogP contribution in [0.5, 0.6) is 0 Å². The van der Waals surface area contributed by atoms with Crippen LogP contribution in [-0.4, -0.2) is 41.3 Å². The highest BCUT2D eigenvalue weighted by molar-refractivity contribution is 5.67.